The minimum Gasteiger partial charge on any atom is -0.464 e. The molecule has 0 saturated carbocycles. The van der Waals surface area contributed by atoms with Gasteiger partial charge < -0.3 is 18.6 Å². The van der Waals surface area contributed by atoms with Gasteiger partial charge in [0.15, 0.2) is 5.43 Å². The lowest BCUT2D eigenvalue weighted by atomic mass is 10.0. The summed E-state index contributed by atoms with van der Waals surface area (Å²) in [5.74, 6) is 1.16. The molecule has 0 fully saturated rings. The van der Waals surface area contributed by atoms with E-state index in [1.807, 2.05) is 38.1 Å². The third kappa shape index (κ3) is 2.54. The molecule has 4 rings (SSSR count). The van der Waals surface area contributed by atoms with Crippen molar-refractivity contribution in [1.82, 2.24) is 9.80 Å². The zero-order chi connectivity index (χ0) is 18.4. The zero-order valence-electron chi connectivity index (χ0n) is 15.0. The predicted molar refractivity (Wildman–Crippen MR) is 97.4 cm³/mol. The number of likely N-dealkylation sites (N-methyl/N-ethyl adjacent to an activating group) is 1. The fourth-order valence-corrected chi connectivity index (χ4v) is 3.40. The molecule has 1 unspecified atom stereocenters. The molecule has 1 aliphatic heterocycles. The second-order valence-electron chi connectivity index (χ2n) is 6.82. The maximum Gasteiger partial charge on any atom is 0.291 e. The number of carbonyl (C=O) groups excluding carboxylic acids is 1. The molecule has 6 heteroatoms. The van der Waals surface area contributed by atoms with E-state index in [1.54, 1.807) is 29.2 Å². The Kier molecular flexibility index (Phi) is 3.92. The van der Waals surface area contributed by atoms with Crippen molar-refractivity contribution in [3.63, 3.8) is 0 Å². The van der Waals surface area contributed by atoms with Crippen molar-refractivity contribution in [1.29, 1.82) is 0 Å². The van der Waals surface area contributed by atoms with Gasteiger partial charge in [-0.05, 0) is 45.3 Å². The Morgan fingerprint density at radius 3 is 2.54 bits per heavy atom. The second-order valence-corrected chi connectivity index (χ2v) is 6.82. The van der Waals surface area contributed by atoms with Crippen LogP contribution in [0.3, 0.4) is 0 Å². The van der Waals surface area contributed by atoms with Crippen LogP contribution in [0, 0.1) is 6.92 Å². The summed E-state index contributed by atoms with van der Waals surface area (Å²) in [7, 11) is 3.88. The van der Waals surface area contributed by atoms with E-state index in [-0.39, 0.29) is 17.1 Å². The van der Waals surface area contributed by atoms with E-state index in [4.69, 9.17) is 8.83 Å². The van der Waals surface area contributed by atoms with E-state index >= 15 is 0 Å². The predicted octanol–water partition coefficient (Wildman–Crippen LogP) is 2.80. The molecule has 0 bridgehead atoms. The van der Waals surface area contributed by atoms with Crippen molar-refractivity contribution in [2.24, 2.45) is 0 Å². The third-order valence-electron chi connectivity index (χ3n) is 4.69. The summed E-state index contributed by atoms with van der Waals surface area (Å²) < 4.78 is 11.6. The number of furan rings is 1. The highest BCUT2D eigenvalue weighted by molar-refractivity contribution is 5.98. The van der Waals surface area contributed by atoms with E-state index in [1.165, 1.54) is 0 Å². The number of amides is 1. The Morgan fingerprint density at radius 1 is 1.08 bits per heavy atom. The van der Waals surface area contributed by atoms with Gasteiger partial charge >= 0.3 is 0 Å². The lowest BCUT2D eigenvalue weighted by molar-refractivity contribution is 0.0702. The number of hydrogen-bond donors (Lipinski definition) is 0. The normalized spacial score (nSPS) is 16.7. The number of hydrogen-bond acceptors (Lipinski definition) is 5. The Balaban J connectivity index is 1.93. The quantitative estimate of drug-likeness (QED) is 0.722. The molecule has 1 atom stereocenters. The van der Waals surface area contributed by atoms with Crippen LogP contribution in [0.1, 0.15) is 33.7 Å². The van der Waals surface area contributed by atoms with E-state index in [0.717, 1.165) is 5.76 Å². The first-order valence-electron chi connectivity index (χ1n) is 8.55. The maximum atomic E-state index is 13.1. The average Bonchev–Trinajstić information content (AvgIpc) is 3.15. The molecule has 6 nitrogen and oxygen atoms in total. The third-order valence-corrected chi connectivity index (χ3v) is 4.69. The molecule has 0 radical (unpaired) electrons. The molecule has 3 aromatic rings. The largest absolute Gasteiger partial charge is 0.464 e. The van der Waals surface area contributed by atoms with Crippen LogP contribution >= 0.6 is 0 Å². The number of rotatable bonds is 4. The van der Waals surface area contributed by atoms with Crippen molar-refractivity contribution in [3.8, 4) is 0 Å². The fourth-order valence-electron chi connectivity index (χ4n) is 3.40. The lowest BCUT2D eigenvalue weighted by Gasteiger charge is -2.24. The average molecular weight is 352 g/mol. The van der Waals surface area contributed by atoms with E-state index in [9.17, 15) is 9.59 Å². The molecule has 0 aliphatic carbocycles. The summed E-state index contributed by atoms with van der Waals surface area (Å²) in [4.78, 5) is 29.8. The van der Waals surface area contributed by atoms with Gasteiger partial charge in [0.05, 0.1) is 10.9 Å². The highest BCUT2D eigenvalue weighted by Gasteiger charge is 2.44. The maximum absolute atomic E-state index is 13.1. The van der Waals surface area contributed by atoms with E-state index in [0.29, 0.717) is 35.4 Å². The first-order valence-corrected chi connectivity index (χ1v) is 8.55. The fraction of sp³-hybridized carbons (Fsp3) is 0.300. The van der Waals surface area contributed by atoms with Crippen molar-refractivity contribution >= 4 is 16.9 Å². The number of benzene rings is 1. The molecule has 2 aromatic heterocycles. The Labute approximate surface area is 150 Å². The first kappa shape index (κ1) is 16.6. The molecule has 0 spiro atoms. The van der Waals surface area contributed by atoms with Crippen molar-refractivity contribution < 1.29 is 13.6 Å². The van der Waals surface area contributed by atoms with Crippen LogP contribution < -0.4 is 5.43 Å². The molecule has 3 heterocycles. The van der Waals surface area contributed by atoms with Gasteiger partial charge in [-0.2, -0.15) is 0 Å². The summed E-state index contributed by atoms with van der Waals surface area (Å²) in [6.45, 7) is 2.98. The summed E-state index contributed by atoms with van der Waals surface area (Å²) >= 11 is 0. The highest BCUT2D eigenvalue weighted by Crippen LogP contribution is 2.38. The monoisotopic (exact) mass is 352 g/mol. The number of nitrogens with zero attached hydrogens (tertiary/aromatic N) is 2. The van der Waals surface area contributed by atoms with Crippen LogP contribution in [0.5, 0.6) is 0 Å². The number of para-hydroxylation sites is 1. The van der Waals surface area contributed by atoms with Crippen LogP contribution in [-0.2, 0) is 0 Å². The Hall–Kier alpha value is -2.86. The molecular formula is C20H20N2O4. The van der Waals surface area contributed by atoms with Crippen molar-refractivity contribution in [2.45, 2.75) is 13.0 Å². The van der Waals surface area contributed by atoms with Gasteiger partial charge in [-0.1, -0.05) is 12.1 Å². The minimum atomic E-state index is -0.563. The van der Waals surface area contributed by atoms with Gasteiger partial charge in [0.2, 0.25) is 5.76 Å². The molecule has 26 heavy (non-hydrogen) atoms. The van der Waals surface area contributed by atoms with Crippen LogP contribution in [0.15, 0.2) is 50.0 Å². The van der Waals surface area contributed by atoms with Gasteiger partial charge in [0, 0.05) is 13.1 Å². The smallest absolute Gasteiger partial charge is 0.291 e. The Bertz CT molecular complexity index is 1050. The SMILES string of the molecule is Cc1ccc(C2c3c(oc4ccccc4c3=O)C(=O)N2CCN(C)C)o1. The summed E-state index contributed by atoms with van der Waals surface area (Å²) in [6, 6.07) is 10.1. The number of fused-ring (bicyclic) bond motifs is 2. The van der Waals surface area contributed by atoms with Crippen LogP contribution in [0.2, 0.25) is 0 Å². The second kappa shape index (κ2) is 6.14. The van der Waals surface area contributed by atoms with Gasteiger partial charge in [0.25, 0.3) is 5.91 Å². The molecular weight excluding hydrogens is 332 g/mol. The zero-order valence-corrected chi connectivity index (χ0v) is 15.0. The molecule has 1 aromatic carbocycles. The van der Waals surface area contributed by atoms with Crippen molar-refractivity contribution in [2.75, 3.05) is 27.2 Å². The Morgan fingerprint density at radius 2 is 1.85 bits per heavy atom. The lowest BCUT2D eigenvalue weighted by Crippen LogP contribution is -2.35. The van der Waals surface area contributed by atoms with E-state index in [2.05, 4.69) is 0 Å². The highest BCUT2D eigenvalue weighted by atomic mass is 16.4. The number of aryl methyl sites for hydroxylation is 1. The summed E-state index contributed by atoms with van der Waals surface area (Å²) in [6.07, 6.45) is 0. The topological polar surface area (TPSA) is 66.9 Å². The van der Waals surface area contributed by atoms with Crippen molar-refractivity contribution in [3.05, 3.63) is 69.5 Å². The standard InChI is InChI=1S/C20H20N2O4/c1-12-8-9-15(25-12)17-16-18(23)13-6-4-5-7-14(13)26-19(16)20(24)22(17)11-10-21(2)3/h4-9,17H,10-11H2,1-3H3. The molecule has 1 amide bonds. The first-order chi connectivity index (χ1) is 12.5. The van der Waals surface area contributed by atoms with Gasteiger partial charge in [-0.3, -0.25) is 9.59 Å². The van der Waals surface area contributed by atoms with E-state index < -0.39 is 6.04 Å². The van der Waals surface area contributed by atoms with Gasteiger partial charge in [0.1, 0.15) is 23.1 Å². The van der Waals surface area contributed by atoms with Crippen LogP contribution in [0.4, 0.5) is 0 Å². The summed E-state index contributed by atoms with van der Waals surface area (Å²) in [5, 5.41) is 0.474. The van der Waals surface area contributed by atoms with Gasteiger partial charge in [-0.15, -0.1) is 0 Å². The van der Waals surface area contributed by atoms with Crippen LogP contribution in [-0.4, -0.2) is 42.9 Å². The number of carbonyl (C=O) groups is 1. The summed E-state index contributed by atoms with van der Waals surface area (Å²) in [5.41, 5.74) is 0.608. The van der Waals surface area contributed by atoms with Gasteiger partial charge in [-0.25, -0.2) is 0 Å². The molecule has 0 N–H and O–H groups in total. The molecule has 0 saturated heterocycles. The van der Waals surface area contributed by atoms with Crippen LogP contribution in [0.25, 0.3) is 11.0 Å². The molecule has 1 aliphatic rings. The molecule has 134 valence electrons. The minimum absolute atomic E-state index is 0.117.